The highest BCUT2D eigenvalue weighted by atomic mass is 35.5. The molecule has 1 atom stereocenters. The van der Waals surface area contributed by atoms with E-state index in [4.69, 9.17) is 27.9 Å². The minimum atomic E-state index is -0.566. The normalized spacial score (nSPS) is 33.9. The molecule has 1 rings (SSSR count). The number of methoxy groups -OCH3 is 1. The van der Waals surface area contributed by atoms with E-state index in [0.29, 0.717) is 6.61 Å². The maximum atomic E-state index is 5.96. The Hall–Kier alpha value is 0.540. The predicted molar refractivity (Wildman–Crippen MR) is 43.6 cm³/mol. The summed E-state index contributed by atoms with van der Waals surface area (Å²) in [4.78, 5) is 0. The second-order valence-electron chi connectivity index (χ2n) is 3.35. The van der Waals surface area contributed by atoms with Crippen LogP contribution in [-0.4, -0.2) is 18.1 Å². The summed E-state index contributed by atoms with van der Waals surface area (Å²) in [5.74, 6) is 0.285. The van der Waals surface area contributed by atoms with Crippen molar-refractivity contribution in [1.82, 2.24) is 0 Å². The zero-order chi connectivity index (χ0) is 7.99. The molecule has 0 heterocycles. The second-order valence-corrected chi connectivity index (χ2v) is 4.74. The van der Waals surface area contributed by atoms with Crippen LogP contribution in [0.25, 0.3) is 0 Å². The van der Waals surface area contributed by atoms with Crippen molar-refractivity contribution in [2.45, 2.75) is 18.2 Å². The third-order valence-corrected chi connectivity index (χ3v) is 3.92. The summed E-state index contributed by atoms with van der Waals surface area (Å²) >= 11 is 11.9. The third-order valence-electron chi connectivity index (χ3n) is 2.42. The maximum Gasteiger partial charge on any atom is 0.129 e. The van der Waals surface area contributed by atoms with E-state index in [2.05, 4.69) is 13.8 Å². The highest BCUT2D eigenvalue weighted by Crippen LogP contribution is 2.68. The van der Waals surface area contributed by atoms with Gasteiger partial charge in [0.2, 0.25) is 0 Å². The first-order valence-electron chi connectivity index (χ1n) is 3.31. The fraction of sp³-hybridized carbons (Fsp3) is 1.00. The molecule has 1 unspecified atom stereocenters. The number of hydrogen-bond donors (Lipinski definition) is 0. The fourth-order valence-corrected chi connectivity index (χ4v) is 2.06. The Morgan fingerprint density at radius 1 is 1.40 bits per heavy atom. The smallest absolute Gasteiger partial charge is 0.129 e. The van der Waals surface area contributed by atoms with E-state index >= 15 is 0 Å². The summed E-state index contributed by atoms with van der Waals surface area (Å²) in [6.45, 7) is 4.76. The van der Waals surface area contributed by atoms with Gasteiger partial charge in [-0.15, -0.1) is 23.2 Å². The zero-order valence-corrected chi connectivity index (χ0v) is 7.96. The van der Waals surface area contributed by atoms with Crippen LogP contribution in [0.4, 0.5) is 0 Å². The van der Waals surface area contributed by atoms with Gasteiger partial charge in [-0.05, 0) is 0 Å². The molecule has 60 valence electrons. The monoisotopic (exact) mass is 182 g/mol. The standard InChI is InChI=1S/C7H12Cl2O/c1-6(2)5(4-10-3)7(6,8)9/h5H,4H2,1-3H3. The molecule has 0 spiro atoms. The Balaban J connectivity index is 2.54. The second kappa shape index (κ2) is 2.26. The summed E-state index contributed by atoms with van der Waals surface area (Å²) in [7, 11) is 1.66. The third kappa shape index (κ3) is 0.956. The first-order valence-corrected chi connectivity index (χ1v) is 4.07. The molecule has 0 aliphatic heterocycles. The minimum Gasteiger partial charge on any atom is -0.384 e. The molecule has 0 aromatic carbocycles. The quantitative estimate of drug-likeness (QED) is 0.597. The fourth-order valence-electron chi connectivity index (χ4n) is 1.24. The van der Waals surface area contributed by atoms with E-state index in [-0.39, 0.29) is 11.3 Å². The van der Waals surface area contributed by atoms with Gasteiger partial charge in [-0.1, -0.05) is 13.8 Å². The van der Waals surface area contributed by atoms with E-state index in [1.807, 2.05) is 0 Å². The first kappa shape index (κ1) is 8.63. The van der Waals surface area contributed by atoms with Gasteiger partial charge in [0.15, 0.2) is 0 Å². The zero-order valence-electron chi connectivity index (χ0n) is 6.45. The van der Waals surface area contributed by atoms with Crippen LogP contribution < -0.4 is 0 Å². The largest absolute Gasteiger partial charge is 0.384 e. The van der Waals surface area contributed by atoms with Gasteiger partial charge in [0.1, 0.15) is 4.33 Å². The van der Waals surface area contributed by atoms with Gasteiger partial charge in [0.05, 0.1) is 6.61 Å². The van der Waals surface area contributed by atoms with Gasteiger partial charge < -0.3 is 4.74 Å². The van der Waals surface area contributed by atoms with Crippen molar-refractivity contribution in [3.05, 3.63) is 0 Å². The van der Waals surface area contributed by atoms with Crippen molar-refractivity contribution in [2.75, 3.05) is 13.7 Å². The molecule has 1 nitrogen and oxygen atoms in total. The molecule has 0 bridgehead atoms. The van der Waals surface area contributed by atoms with Crippen LogP contribution in [0.2, 0.25) is 0 Å². The van der Waals surface area contributed by atoms with Crippen LogP contribution in [0.1, 0.15) is 13.8 Å². The lowest BCUT2D eigenvalue weighted by molar-refractivity contribution is 0.174. The van der Waals surface area contributed by atoms with Crippen molar-refractivity contribution < 1.29 is 4.74 Å². The first-order chi connectivity index (χ1) is 4.44. The molecule has 0 radical (unpaired) electrons. The highest BCUT2D eigenvalue weighted by molar-refractivity contribution is 6.51. The van der Waals surface area contributed by atoms with E-state index in [1.54, 1.807) is 7.11 Å². The Kier molecular flexibility index (Phi) is 1.95. The van der Waals surface area contributed by atoms with Crippen LogP contribution in [0.5, 0.6) is 0 Å². The molecule has 0 saturated heterocycles. The van der Waals surface area contributed by atoms with Crippen molar-refractivity contribution in [1.29, 1.82) is 0 Å². The molecule has 1 aliphatic rings. The molecular formula is C7H12Cl2O. The van der Waals surface area contributed by atoms with Gasteiger partial charge in [-0.2, -0.15) is 0 Å². The number of ether oxygens (including phenoxy) is 1. The maximum absolute atomic E-state index is 5.96. The predicted octanol–water partition coefficient (Wildman–Crippen LogP) is 2.46. The van der Waals surface area contributed by atoms with Crippen molar-refractivity contribution >= 4 is 23.2 Å². The van der Waals surface area contributed by atoms with Gasteiger partial charge >= 0.3 is 0 Å². The van der Waals surface area contributed by atoms with Gasteiger partial charge in [-0.3, -0.25) is 0 Å². The Labute approximate surface area is 71.6 Å². The Morgan fingerprint density at radius 3 is 1.90 bits per heavy atom. The van der Waals surface area contributed by atoms with Crippen molar-refractivity contribution in [2.24, 2.45) is 11.3 Å². The van der Waals surface area contributed by atoms with Crippen LogP contribution in [0, 0.1) is 11.3 Å². The average molecular weight is 183 g/mol. The SMILES string of the molecule is COCC1C(C)(C)C1(Cl)Cl. The van der Waals surface area contributed by atoms with Crippen molar-refractivity contribution in [3.8, 4) is 0 Å². The summed E-state index contributed by atoms with van der Waals surface area (Å²) < 4.78 is 4.40. The molecule has 10 heavy (non-hydrogen) atoms. The number of alkyl halides is 2. The molecule has 1 fully saturated rings. The lowest BCUT2D eigenvalue weighted by Gasteiger charge is -1.99. The summed E-state index contributed by atoms with van der Waals surface area (Å²) in [5.41, 5.74) is 0.0200. The molecule has 0 aromatic heterocycles. The molecule has 1 aliphatic carbocycles. The van der Waals surface area contributed by atoms with Crippen LogP contribution >= 0.6 is 23.2 Å². The average Bonchev–Trinajstić information content (AvgIpc) is 2.13. The number of rotatable bonds is 2. The Morgan fingerprint density at radius 2 is 1.80 bits per heavy atom. The lowest BCUT2D eigenvalue weighted by Crippen LogP contribution is -1.97. The summed E-state index contributed by atoms with van der Waals surface area (Å²) in [6.07, 6.45) is 0. The van der Waals surface area contributed by atoms with Crippen LogP contribution in [0.3, 0.4) is 0 Å². The van der Waals surface area contributed by atoms with Crippen LogP contribution in [-0.2, 0) is 4.74 Å². The topological polar surface area (TPSA) is 9.23 Å². The summed E-state index contributed by atoms with van der Waals surface area (Å²) in [5, 5.41) is 0. The highest BCUT2D eigenvalue weighted by Gasteiger charge is 2.69. The van der Waals surface area contributed by atoms with Gasteiger partial charge in [0, 0.05) is 18.4 Å². The van der Waals surface area contributed by atoms with E-state index in [0.717, 1.165) is 0 Å². The molecule has 0 aromatic rings. The molecule has 0 amide bonds. The molecular weight excluding hydrogens is 171 g/mol. The number of halogens is 2. The minimum absolute atomic E-state index is 0.0200. The van der Waals surface area contributed by atoms with Gasteiger partial charge in [0.25, 0.3) is 0 Å². The van der Waals surface area contributed by atoms with Crippen LogP contribution in [0.15, 0.2) is 0 Å². The van der Waals surface area contributed by atoms with E-state index in [1.165, 1.54) is 0 Å². The van der Waals surface area contributed by atoms with Gasteiger partial charge in [-0.25, -0.2) is 0 Å². The van der Waals surface area contributed by atoms with E-state index in [9.17, 15) is 0 Å². The molecule has 0 N–H and O–H groups in total. The summed E-state index contributed by atoms with van der Waals surface area (Å²) in [6, 6.07) is 0. The van der Waals surface area contributed by atoms with Crippen molar-refractivity contribution in [3.63, 3.8) is 0 Å². The Bertz CT molecular complexity index is 129. The number of hydrogen-bond acceptors (Lipinski definition) is 1. The lowest BCUT2D eigenvalue weighted by atomic mass is 10.1. The molecule has 1 saturated carbocycles. The molecule has 3 heteroatoms. The van der Waals surface area contributed by atoms with E-state index < -0.39 is 4.33 Å².